The average molecular weight is 325 g/mol. The predicted octanol–water partition coefficient (Wildman–Crippen LogP) is 2.01. The standard InChI is InChI=1S/C19H23N3O2/c23-18(15-8-10-20-11-9-15)17(14-22-12-4-5-13-22)21-19(24)16-6-2-1-3-7-16/h1-3,6-11,17-18,23H,4-5,12-14H2,(H,21,24)/t17-,18-/m0/s1. The van der Waals surface area contributed by atoms with E-state index in [1.807, 2.05) is 18.2 Å². The Balaban J connectivity index is 1.75. The molecule has 24 heavy (non-hydrogen) atoms. The molecule has 1 aliphatic heterocycles. The van der Waals surface area contributed by atoms with Crippen molar-refractivity contribution in [2.24, 2.45) is 0 Å². The molecule has 2 N–H and O–H groups in total. The molecule has 0 unspecified atom stereocenters. The Morgan fingerprint density at radius 3 is 2.46 bits per heavy atom. The fourth-order valence-electron chi connectivity index (χ4n) is 3.10. The van der Waals surface area contributed by atoms with Gasteiger partial charge in [-0.15, -0.1) is 0 Å². The monoisotopic (exact) mass is 325 g/mol. The summed E-state index contributed by atoms with van der Waals surface area (Å²) in [5, 5.41) is 13.8. The molecular weight excluding hydrogens is 302 g/mol. The highest BCUT2D eigenvalue weighted by Gasteiger charge is 2.26. The fourth-order valence-corrected chi connectivity index (χ4v) is 3.10. The lowest BCUT2D eigenvalue weighted by Crippen LogP contribution is -2.46. The number of hydrogen-bond donors (Lipinski definition) is 2. The largest absolute Gasteiger partial charge is 0.386 e. The quantitative estimate of drug-likeness (QED) is 0.853. The number of aliphatic hydroxyl groups is 1. The van der Waals surface area contributed by atoms with Crippen molar-refractivity contribution in [2.75, 3.05) is 19.6 Å². The molecule has 2 atom stereocenters. The minimum absolute atomic E-state index is 0.159. The third kappa shape index (κ3) is 4.19. The lowest BCUT2D eigenvalue weighted by Gasteiger charge is -2.28. The summed E-state index contributed by atoms with van der Waals surface area (Å²) in [6, 6.07) is 12.3. The van der Waals surface area contributed by atoms with Crippen LogP contribution in [0.2, 0.25) is 0 Å². The van der Waals surface area contributed by atoms with E-state index in [0.29, 0.717) is 12.1 Å². The third-order valence-electron chi connectivity index (χ3n) is 4.43. The van der Waals surface area contributed by atoms with E-state index in [2.05, 4.69) is 15.2 Å². The molecule has 1 fully saturated rings. The van der Waals surface area contributed by atoms with E-state index >= 15 is 0 Å². The molecular formula is C19H23N3O2. The maximum absolute atomic E-state index is 12.5. The minimum Gasteiger partial charge on any atom is -0.386 e. The van der Waals surface area contributed by atoms with E-state index in [9.17, 15) is 9.90 Å². The van der Waals surface area contributed by atoms with Gasteiger partial charge in [-0.25, -0.2) is 0 Å². The highest BCUT2D eigenvalue weighted by molar-refractivity contribution is 5.94. The van der Waals surface area contributed by atoms with Gasteiger partial charge in [0.25, 0.3) is 5.91 Å². The molecule has 2 heterocycles. The first-order valence-corrected chi connectivity index (χ1v) is 8.40. The van der Waals surface area contributed by atoms with Gasteiger partial charge in [-0.3, -0.25) is 9.78 Å². The van der Waals surface area contributed by atoms with Crippen LogP contribution in [0.15, 0.2) is 54.9 Å². The number of hydrogen-bond acceptors (Lipinski definition) is 4. The van der Waals surface area contributed by atoms with Gasteiger partial charge in [-0.1, -0.05) is 18.2 Å². The van der Waals surface area contributed by atoms with Gasteiger partial charge < -0.3 is 15.3 Å². The smallest absolute Gasteiger partial charge is 0.251 e. The first-order valence-electron chi connectivity index (χ1n) is 8.40. The van der Waals surface area contributed by atoms with Crippen LogP contribution in [0.5, 0.6) is 0 Å². The number of rotatable bonds is 6. The van der Waals surface area contributed by atoms with Gasteiger partial charge in [0.2, 0.25) is 0 Å². The minimum atomic E-state index is -0.763. The van der Waals surface area contributed by atoms with Gasteiger partial charge in [0.05, 0.1) is 6.04 Å². The molecule has 3 rings (SSSR count). The summed E-state index contributed by atoms with van der Waals surface area (Å²) in [6.45, 7) is 2.67. The molecule has 1 saturated heterocycles. The number of pyridine rings is 1. The lowest BCUT2D eigenvalue weighted by molar-refractivity contribution is 0.0773. The second kappa shape index (κ2) is 8.04. The number of nitrogens with one attached hydrogen (secondary N) is 1. The molecule has 1 amide bonds. The number of benzene rings is 1. The molecule has 0 spiro atoms. The SMILES string of the molecule is O=C(N[C@@H](CN1CCCC1)[C@@H](O)c1ccncc1)c1ccccc1. The molecule has 5 nitrogen and oxygen atoms in total. The maximum atomic E-state index is 12.5. The van der Waals surface area contributed by atoms with Crippen molar-refractivity contribution in [3.8, 4) is 0 Å². The van der Waals surface area contributed by atoms with Crippen molar-refractivity contribution in [1.82, 2.24) is 15.2 Å². The highest BCUT2D eigenvalue weighted by atomic mass is 16.3. The number of carbonyl (C=O) groups is 1. The summed E-state index contributed by atoms with van der Waals surface area (Å²) >= 11 is 0. The van der Waals surface area contributed by atoms with Crippen LogP contribution in [0.4, 0.5) is 0 Å². The Labute approximate surface area is 142 Å². The molecule has 1 aromatic heterocycles. The van der Waals surface area contributed by atoms with E-state index in [1.54, 1.807) is 36.7 Å². The van der Waals surface area contributed by atoms with E-state index in [0.717, 1.165) is 18.7 Å². The number of carbonyl (C=O) groups excluding carboxylic acids is 1. The second-order valence-electron chi connectivity index (χ2n) is 6.18. The van der Waals surface area contributed by atoms with Crippen LogP contribution in [0.25, 0.3) is 0 Å². The molecule has 126 valence electrons. The van der Waals surface area contributed by atoms with Gasteiger partial charge in [0, 0.05) is 24.5 Å². The number of likely N-dealkylation sites (tertiary alicyclic amines) is 1. The maximum Gasteiger partial charge on any atom is 0.251 e. The summed E-state index contributed by atoms with van der Waals surface area (Å²) in [6.07, 6.45) is 4.89. The Morgan fingerprint density at radius 1 is 1.12 bits per heavy atom. The lowest BCUT2D eigenvalue weighted by atomic mass is 10.0. The molecule has 0 bridgehead atoms. The van der Waals surface area contributed by atoms with Gasteiger partial charge in [0.1, 0.15) is 6.10 Å². The first-order chi connectivity index (χ1) is 11.7. The normalized spacial score (nSPS) is 17.4. The Bertz CT molecular complexity index is 642. The molecule has 1 aromatic carbocycles. The molecule has 1 aliphatic rings. The van der Waals surface area contributed by atoms with Gasteiger partial charge in [0.15, 0.2) is 0 Å². The fraction of sp³-hybridized carbons (Fsp3) is 0.368. The van der Waals surface area contributed by atoms with Crippen LogP contribution in [-0.2, 0) is 0 Å². The van der Waals surface area contributed by atoms with E-state index in [4.69, 9.17) is 0 Å². The van der Waals surface area contributed by atoms with Crippen molar-refractivity contribution in [3.63, 3.8) is 0 Å². The first kappa shape index (κ1) is 16.6. The zero-order valence-electron chi connectivity index (χ0n) is 13.6. The number of aromatic nitrogens is 1. The third-order valence-corrected chi connectivity index (χ3v) is 4.43. The summed E-state index contributed by atoms with van der Waals surface area (Å²) in [5.41, 5.74) is 1.37. The molecule has 0 aliphatic carbocycles. The number of amides is 1. The van der Waals surface area contributed by atoms with Crippen molar-refractivity contribution in [2.45, 2.75) is 25.0 Å². The van der Waals surface area contributed by atoms with Crippen molar-refractivity contribution < 1.29 is 9.90 Å². The van der Waals surface area contributed by atoms with Gasteiger partial charge in [-0.2, -0.15) is 0 Å². The molecule has 0 radical (unpaired) electrons. The van der Waals surface area contributed by atoms with Crippen LogP contribution >= 0.6 is 0 Å². The van der Waals surface area contributed by atoms with Crippen molar-refractivity contribution >= 4 is 5.91 Å². The van der Waals surface area contributed by atoms with Crippen LogP contribution in [0.1, 0.15) is 34.9 Å². The van der Waals surface area contributed by atoms with Gasteiger partial charge >= 0.3 is 0 Å². The van der Waals surface area contributed by atoms with Crippen LogP contribution in [0.3, 0.4) is 0 Å². The Morgan fingerprint density at radius 2 is 1.79 bits per heavy atom. The summed E-state index contributed by atoms with van der Waals surface area (Å²) in [4.78, 5) is 18.8. The predicted molar refractivity (Wildman–Crippen MR) is 92.6 cm³/mol. The highest BCUT2D eigenvalue weighted by Crippen LogP contribution is 2.19. The number of aliphatic hydroxyl groups excluding tert-OH is 1. The van der Waals surface area contributed by atoms with E-state index < -0.39 is 6.10 Å². The zero-order chi connectivity index (χ0) is 16.8. The Kier molecular flexibility index (Phi) is 5.56. The summed E-state index contributed by atoms with van der Waals surface area (Å²) < 4.78 is 0. The number of nitrogens with zero attached hydrogens (tertiary/aromatic N) is 2. The zero-order valence-corrected chi connectivity index (χ0v) is 13.6. The van der Waals surface area contributed by atoms with Crippen LogP contribution in [0, 0.1) is 0 Å². The topological polar surface area (TPSA) is 65.5 Å². The van der Waals surface area contributed by atoms with Crippen LogP contribution < -0.4 is 5.32 Å². The second-order valence-corrected chi connectivity index (χ2v) is 6.18. The average Bonchev–Trinajstić information content (AvgIpc) is 3.15. The van der Waals surface area contributed by atoms with E-state index in [-0.39, 0.29) is 11.9 Å². The molecule has 2 aromatic rings. The van der Waals surface area contributed by atoms with Crippen molar-refractivity contribution in [1.29, 1.82) is 0 Å². The van der Waals surface area contributed by atoms with E-state index in [1.165, 1.54) is 12.8 Å². The van der Waals surface area contributed by atoms with Crippen molar-refractivity contribution in [3.05, 3.63) is 66.0 Å². The Hall–Kier alpha value is -2.24. The molecule has 5 heteroatoms. The van der Waals surface area contributed by atoms with Crippen LogP contribution in [-0.4, -0.2) is 46.6 Å². The summed E-state index contributed by atoms with van der Waals surface area (Å²) in [5.74, 6) is -0.159. The van der Waals surface area contributed by atoms with Gasteiger partial charge in [-0.05, 0) is 55.8 Å². The summed E-state index contributed by atoms with van der Waals surface area (Å²) in [7, 11) is 0. The molecule has 0 saturated carbocycles.